The van der Waals surface area contributed by atoms with Crippen LogP contribution >= 0.6 is 11.3 Å². The molecule has 3 atom stereocenters. The highest BCUT2D eigenvalue weighted by Gasteiger charge is 2.72. The van der Waals surface area contributed by atoms with Gasteiger partial charge in [0, 0.05) is 30.2 Å². The molecule has 0 aromatic carbocycles. The van der Waals surface area contributed by atoms with Crippen molar-refractivity contribution in [1.82, 2.24) is 19.8 Å². The third-order valence-electron chi connectivity index (χ3n) is 7.86. The maximum atomic E-state index is 12.8. The van der Waals surface area contributed by atoms with Gasteiger partial charge in [-0.25, -0.2) is 0 Å². The van der Waals surface area contributed by atoms with E-state index in [1.165, 1.54) is 16.2 Å². The minimum Gasteiger partial charge on any atom is -0.374 e. The van der Waals surface area contributed by atoms with E-state index in [-0.39, 0.29) is 52.3 Å². The molecule has 188 valence electrons. The number of morpholine rings is 1. The van der Waals surface area contributed by atoms with E-state index in [2.05, 4.69) is 10.3 Å². The fraction of sp³-hybridized carbons (Fsp3) is 0.480. The molecule has 36 heavy (non-hydrogen) atoms. The molecule has 0 radical (unpaired) electrons. The predicted octanol–water partition coefficient (Wildman–Crippen LogP) is 3.11. The molecule has 5 heterocycles. The predicted molar refractivity (Wildman–Crippen MR) is 133 cm³/mol. The van der Waals surface area contributed by atoms with E-state index >= 15 is 0 Å². The molecule has 10 nitrogen and oxygen atoms in total. The average molecular weight is 510 g/mol. The van der Waals surface area contributed by atoms with Crippen molar-refractivity contribution in [3.05, 3.63) is 45.1 Å². The van der Waals surface area contributed by atoms with Gasteiger partial charge in [0.2, 0.25) is 11.8 Å². The molecule has 11 heteroatoms. The van der Waals surface area contributed by atoms with Crippen molar-refractivity contribution in [2.45, 2.75) is 40.0 Å². The number of imide groups is 1. The lowest BCUT2D eigenvalue weighted by atomic mass is 10.1. The van der Waals surface area contributed by atoms with Crippen molar-refractivity contribution < 1.29 is 19.2 Å². The van der Waals surface area contributed by atoms with Gasteiger partial charge in [0.15, 0.2) is 0 Å². The number of likely N-dealkylation sites (tertiary alicyclic amines) is 1. The van der Waals surface area contributed by atoms with Crippen LogP contribution in [0.4, 0.5) is 5.69 Å². The Morgan fingerprint density at radius 2 is 2.03 bits per heavy atom. The van der Waals surface area contributed by atoms with Crippen LogP contribution in [0, 0.1) is 34.3 Å². The monoisotopic (exact) mass is 509 g/mol. The third-order valence-corrected chi connectivity index (χ3v) is 9.00. The molecule has 2 aliphatic heterocycles. The molecule has 6 rings (SSSR count). The number of hydrogen-bond donors (Lipinski definition) is 1. The number of carbonyl (C=O) groups is 2. The Morgan fingerprint density at radius 3 is 2.69 bits per heavy atom. The maximum Gasteiger partial charge on any atom is 0.290 e. The lowest BCUT2D eigenvalue weighted by molar-refractivity contribution is -0.385. The fourth-order valence-electron chi connectivity index (χ4n) is 5.78. The van der Waals surface area contributed by atoms with Gasteiger partial charge in [0.05, 0.1) is 58.6 Å². The molecule has 1 N–H and O–H groups in total. The molecule has 1 saturated carbocycles. The number of carbonyl (C=O) groups excluding carboxylic acids is 2. The van der Waals surface area contributed by atoms with E-state index in [9.17, 15) is 19.7 Å². The molecule has 3 aromatic heterocycles. The highest BCUT2D eigenvalue weighted by atomic mass is 32.1. The van der Waals surface area contributed by atoms with Crippen molar-refractivity contribution in [2.75, 3.05) is 19.7 Å². The first-order valence-corrected chi connectivity index (χ1v) is 12.9. The SMILES string of the molecule is Cc1c([N+](=O)[O-])cc(-c2nccc3cc(CN4C(=O)C5C(C4=O)C5(C)C)sc23)n1CC1CNCCO1. The first kappa shape index (κ1) is 23.3. The van der Waals surface area contributed by atoms with Gasteiger partial charge in [-0.05, 0) is 29.9 Å². The van der Waals surface area contributed by atoms with Crippen LogP contribution in [0.15, 0.2) is 24.4 Å². The van der Waals surface area contributed by atoms with Crippen LogP contribution < -0.4 is 5.32 Å². The van der Waals surface area contributed by atoms with E-state index in [1.54, 1.807) is 19.2 Å². The quantitative estimate of drug-likeness (QED) is 0.308. The van der Waals surface area contributed by atoms with E-state index in [4.69, 9.17) is 4.74 Å². The highest BCUT2D eigenvalue weighted by Crippen LogP contribution is 2.63. The van der Waals surface area contributed by atoms with Crippen LogP contribution in [0.3, 0.4) is 0 Å². The van der Waals surface area contributed by atoms with Crippen molar-refractivity contribution in [3.63, 3.8) is 0 Å². The zero-order valence-electron chi connectivity index (χ0n) is 20.3. The Kier molecular flexibility index (Phi) is 5.29. The van der Waals surface area contributed by atoms with Crippen molar-refractivity contribution >= 4 is 38.9 Å². The summed E-state index contributed by atoms with van der Waals surface area (Å²) in [5.41, 5.74) is 1.65. The summed E-state index contributed by atoms with van der Waals surface area (Å²) in [6.07, 6.45) is 1.58. The summed E-state index contributed by atoms with van der Waals surface area (Å²) in [6, 6.07) is 5.44. The molecule has 3 aliphatic rings. The Morgan fingerprint density at radius 1 is 1.28 bits per heavy atom. The number of aromatic nitrogens is 2. The average Bonchev–Trinajstić information content (AvgIpc) is 3.14. The van der Waals surface area contributed by atoms with Gasteiger partial charge < -0.3 is 14.6 Å². The van der Waals surface area contributed by atoms with E-state index in [1.807, 2.05) is 30.5 Å². The molecule has 0 spiro atoms. The Balaban J connectivity index is 1.36. The number of nitrogens with one attached hydrogen (secondary N) is 1. The van der Waals surface area contributed by atoms with Gasteiger partial charge in [0.25, 0.3) is 5.69 Å². The maximum absolute atomic E-state index is 12.8. The summed E-state index contributed by atoms with van der Waals surface area (Å²) in [5.74, 6) is -0.598. The molecule has 1 aliphatic carbocycles. The summed E-state index contributed by atoms with van der Waals surface area (Å²) in [7, 11) is 0. The second-order valence-electron chi connectivity index (χ2n) is 10.4. The number of nitro groups is 1. The van der Waals surface area contributed by atoms with Crippen LogP contribution in [0.5, 0.6) is 0 Å². The van der Waals surface area contributed by atoms with Gasteiger partial charge >= 0.3 is 0 Å². The standard InChI is InChI=1S/C25H27N5O5S/c1-13-17(30(33)34)9-18(28(13)11-15-10-26-6-7-35-15)21-22-14(4-5-27-21)8-16(36-22)12-29-23(31)19-20(24(29)32)25(19,2)3/h4-5,8-9,15,19-20,26H,6-7,10-12H2,1-3H3. The minimum absolute atomic E-state index is 0.0412. The number of amides is 2. The molecule has 2 amide bonds. The fourth-order valence-corrected chi connectivity index (χ4v) is 6.92. The van der Waals surface area contributed by atoms with Gasteiger partial charge in [-0.15, -0.1) is 11.3 Å². The van der Waals surface area contributed by atoms with Crippen LogP contribution in [-0.2, 0) is 27.4 Å². The lowest BCUT2D eigenvalue weighted by Crippen LogP contribution is -2.41. The van der Waals surface area contributed by atoms with Crippen molar-refractivity contribution in [2.24, 2.45) is 17.3 Å². The number of ether oxygens (including phenoxy) is 1. The summed E-state index contributed by atoms with van der Waals surface area (Å²) < 4.78 is 8.66. The lowest BCUT2D eigenvalue weighted by Gasteiger charge is -2.25. The molecular weight excluding hydrogens is 482 g/mol. The Hall–Kier alpha value is -3.15. The van der Waals surface area contributed by atoms with Crippen LogP contribution in [0.2, 0.25) is 0 Å². The minimum atomic E-state index is -0.368. The van der Waals surface area contributed by atoms with Gasteiger partial charge in [-0.3, -0.25) is 29.6 Å². The zero-order valence-corrected chi connectivity index (χ0v) is 21.1. The van der Waals surface area contributed by atoms with Gasteiger partial charge in [-0.2, -0.15) is 0 Å². The number of thiophene rings is 1. The number of fused-ring (bicyclic) bond motifs is 2. The number of pyridine rings is 1. The molecule has 3 unspecified atom stereocenters. The molecule has 3 fully saturated rings. The Labute approximate surface area is 211 Å². The number of hydrogen-bond acceptors (Lipinski definition) is 8. The number of nitrogens with zero attached hydrogens (tertiary/aromatic N) is 4. The summed E-state index contributed by atoms with van der Waals surface area (Å²) >= 11 is 1.47. The first-order valence-electron chi connectivity index (χ1n) is 12.1. The summed E-state index contributed by atoms with van der Waals surface area (Å²) in [6.45, 7) is 8.44. The zero-order chi connectivity index (χ0) is 25.4. The van der Waals surface area contributed by atoms with Crippen LogP contribution in [-0.4, -0.2) is 57.0 Å². The van der Waals surface area contributed by atoms with E-state index in [0.29, 0.717) is 36.8 Å². The largest absolute Gasteiger partial charge is 0.374 e. The van der Waals surface area contributed by atoms with Crippen molar-refractivity contribution in [1.29, 1.82) is 0 Å². The summed E-state index contributed by atoms with van der Waals surface area (Å²) in [4.78, 5) is 43.9. The van der Waals surface area contributed by atoms with Crippen molar-refractivity contribution in [3.8, 4) is 11.4 Å². The number of rotatable bonds is 6. The molecule has 3 aromatic rings. The molecule has 2 saturated heterocycles. The second-order valence-corrected chi connectivity index (χ2v) is 11.5. The van der Waals surface area contributed by atoms with Gasteiger partial charge in [0.1, 0.15) is 5.69 Å². The van der Waals surface area contributed by atoms with Gasteiger partial charge in [-0.1, -0.05) is 13.8 Å². The number of piperidine rings is 1. The van der Waals surface area contributed by atoms with Crippen LogP contribution in [0.1, 0.15) is 24.4 Å². The van der Waals surface area contributed by atoms with E-state index in [0.717, 1.165) is 21.5 Å². The smallest absolute Gasteiger partial charge is 0.290 e. The molecule has 0 bridgehead atoms. The first-order chi connectivity index (χ1) is 17.2. The topological polar surface area (TPSA) is 120 Å². The van der Waals surface area contributed by atoms with Crippen LogP contribution in [0.25, 0.3) is 21.5 Å². The summed E-state index contributed by atoms with van der Waals surface area (Å²) in [5, 5.41) is 16.0. The third kappa shape index (κ3) is 3.48. The Bertz CT molecular complexity index is 1400. The molecular formula is C25H27N5O5S. The second kappa shape index (κ2) is 8.19. The normalized spacial score (nSPS) is 25.0. The highest BCUT2D eigenvalue weighted by molar-refractivity contribution is 7.19. The van der Waals surface area contributed by atoms with E-state index < -0.39 is 0 Å².